The van der Waals surface area contributed by atoms with Gasteiger partial charge in [0.2, 0.25) is 0 Å². The Morgan fingerprint density at radius 3 is 1.45 bits per heavy atom. The summed E-state index contributed by atoms with van der Waals surface area (Å²) in [5.41, 5.74) is 3.60. The third-order valence-corrected chi connectivity index (χ3v) is 7.29. The van der Waals surface area contributed by atoms with Crippen LogP contribution >= 0.6 is 0 Å². The van der Waals surface area contributed by atoms with Gasteiger partial charge in [0.25, 0.3) is 0 Å². The molecule has 0 fully saturated rings. The molecule has 0 aliphatic rings. The molecule has 0 radical (unpaired) electrons. The molecule has 5 aromatic rings. The smallest absolute Gasteiger partial charge is 0.193 e. The third-order valence-electron chi connectivity index (χ3n) is 7.29. The minimum Gasteiger partial charge on any atom is -0.507 e. The maximum Gasteiger partial charge on any atom is 0.193 e. The highest BCUT2D eigenvalue weighted by Crippen LogP contribution is 2.35. The summed E-state index contributed by atoms with van der Waals surface area (Å²) in [4.78, 5) is 13.4. The van der Waals surface area contributed by atoms with Crippen LogP contribution in [0.15, 0.2) is 115 Å². The Bertz CT molecular complexity index is 1780. The molecular weight excluding hydrogens is 596 g/mol. The second-order valence-electron chi connectivity index (χ2n) is 10.5. The van der Waals surface area contributed by atoms with E-state index in [0.717, 1.165) is 39.5 Å². The molecule has 0 bridgehead atoms. The molecule has 0 atom stereocenters. The summed E-state index contributed by atoms with van der Waals surface area (Å²) in [6.45, 7) is 0.817. The van der Waals surface area contributed by atoms with Crippen LogP contribution in [-0.2, 0) is 19.8 Å². The summed E-state index contributed by atoms with van der Waals surface area (Å²) in [7, 11) is 4.84. The van der Waals surface area contributed by atoms with Gasteiger partial charge < -0.3 is 33.5 Å². The molecule has 5 aromatic carbocycles. The first-order valence-corrected chi connectivity index (χ1v) is 14.9. The molecule has 0 aromatic heterocycles. The Balaban J connectivity index is 1.29. The van der Waals surface area contributed by atoms with Crippen LogP contribution in [-0.4, -0.2) is 32.2 Å². The number of rotatable bonds is 15. The standard InChI is InChI=1S/C39H36O8/c1-42-31-13-6-28(7-14-31)24-45-34-19-4-27(5-20-34)12-21-36(40)39-37(41)22-35(46-25-29-8-15-32(43-2)16-9-29)23-38(39)47-26-30-10-17-33(44-3)18-11-30/h4-23,41H,24-26H2,1-3H3/b21-12+. The van der Waals surface area contributed by atoms with E-state index >= 15 is 0 Å². The zero-order chi connectivity index (χ0) is 33.0. The minimum absolute atomic E-state index is 0.0333. The van der Waals surface area contributed by atoms with Gasteiger partial charge in [0.05, 0.1) is 21.3 Å². The van der Waals surface area contributed by atoms with Crippen molar-refractivity contribution in [2.75, 3.05) is 21.3 Å². The van der Waals surface area contributed by atoms with Crippen LogP contribution in [0.5, 0.6) is 40.2 Å². The number of phenols is 1. The molecule has 240 valence electrons. The lowest BCUT2D eigenvalue weighted by atomic mass is 10.1. The lowest BCUT2D eigenvalue weighted by Gasteiger charge is -2.15. The predicted octanol–water partition coefficient (Wildman–Crippen LogP) is 8.05. The predicted molar refractivity (Wildman–Crippen MR) is 180 cm³/mol. The number of aromatic hydroxyl groups is 1. The van der Waals surface area contributed by atoms with Gasteiger partial charge in [-0.3, -0.25) is 4.79 Å². The van der Waals surface area contributed by atoms with Gasteiger partial charge in [0.15, 0.2) is 5.78 Å². The number of hydrogen-bond donors (Lipinski definition) is 1. The first-order valence-electron chi connectivity index (χ1n) is 14.9. The van der Waals surface area contributed by atoms with Crippen molar-refractivity contribution in [1.29, 1.82) is 0 Å². The van der Waals surface area contributed by atoms with Crippen LogP contribution in [0.3, 0.4) is 0 Å². The number of phenolic OH excluding ortho intramolecular Hbond substituents is 1. The molecule has 0 spiro atoms. The zero-order valence-corrected chi connectivity index (χ0v) is 26.5. The van der Waals surface area contributed by atoms with E-state index < -0.39 is 5.78 Å². The Morgan fingerprint density at radius 2 is 0.979 bits per heavy atom. The summed E-state index contributed by atoms with van der Waals surface area (Å²) in [6, 6.07) is 32.9. The van der Waals surface area contributed by atoms with Crippen LogP contribution in [0, 0.1) is 0 Å². The normalized spacial score (nSPS) is 10.8. The molecule has 47 heavy (non-hydrogen) atoms. The molecule has 8 nitrogen and oxygen atoms in total. The van der Waals surface area contributed by atoms with Crippen molar-refractivity contribution in [3.8, 4) is 40.2 Å². The topological polar surface area (TPSA) is 92.7 Å². The molecule has 0 aliphatic heterocycles. The molecule has 0 heterocycles. The number of ether oxygens (including phenoxy) is 6. The van der Waals surface area contributed by atoms with Gasteiger partial charge in [-0.1, -0.05) is 54.6 Å². The van der Waals surface area contributed by atoms with Crippen LogP contribution in [0.2, 0.25) is 0 Å². The molecule has 0 amide bonds. The Kier molecular flexibility index (Phi) is 11.0. The molecule has 8 heteroatoms. The maximum absolute atomic E-state index is 13.4. The number of benzene rings is 5. The molecule has 0 unspecified atom stereocenters. The summed E-state index contributed by atoms with van der Waals surface area (Å²) >= 11 is 0. The van der Waals surface area contributed by atoms with Gasteiger partial charge in [-0.25, -0.2) is 0 Å². The zero-order valence-electron chi connectivity index (χ0n) is 26.5. The molecular formula is C39H36O8. The molecule has 5 rings (SSSR count). The Labute approximate surface area is 274 Å². The average molecular weight is 633 g/mol. The van der Waals surface area contributed by atoms with Crippen molar-refractivity contribution >= 4 is 11.9 Å². The fraction of sp³-hybridized carbons (Fsp3) is 0.154. The fourth-order valence-electron chi connectivity index (χ4n) is 4.61. The second-order valence-corrected chi connectivity index (χ2v) is 10.5. The number of carbonyl (C=O) groups excluding carboxylic acids is 1. The van der Waals surface area contributed by atoms with E-state index in [-0.39, 0.29) is 30.3 Å². The molecule has 0 aliphatic carbocycles. The van der Waals surface area contributed by atoms with Crippen LogP contribution in [0.4, 0.5) is 0 Å². The number of allylic oxidation sites excluding steroid dienone is 1. The molecule has 1 N–H and O–H groups in total. The summed E-state index contributed by atoms with van der Waals surface area (Å²) in [5.74, 6) is 2.83. The Morgan fingerprint density at radius 1 is 0.553 bits per heavy atom. The summed E-state index contributed by atoms with van der Waals surface area (Å²) in [6.07, 6.45) is 3.08. The quantitative estimate of drug-likeness (QED) is 0.0916. The van der Waals surface area contributed by atoms with E-state index in [1.165, 1.54) is 12.1 Å². The number of methoxy groups -OCH3 is 3. The van der Waals surface area contributed by atoms with Gasteiger partial charge in [0.1, 0.15) is 65.6 Å². The van der Waals surface area contributed by atoms with E-state index in [1.54, 1.807) is 33.5 Å². The van der Waals surface area contributed by atoms with Gasteiger partial charge in [-0.05, 0) is 76.9 Å². The van der Waals surface area contributed by atoms with E-state index in [4.69, 9.17) is 28.4 Å². The van der Waals surface area contributed by atoms with Gasteiger partial charge in [0, 0.05) is 12.1 Å². The fourth-order valence-corrected chi connectivity index (χ4v) is 4.61. The van der Waals surface area contributed by atoms with Gasteiger partial charge >= 0.3 is 0 Å². The van der Waals surface area contributed by atoms with Crippen molar-refractivity contribution in [2.24, 2.45) is 0 Å². The highest BCUT2D eigenvalue weighted by atomic mass is 16.5. The minimum atomic E-state index is -0.422. The number of hydrogen-bond acceptors (Lipinski definition) is 8. The molecule has 0 saturated heterocycles. The first-order chi connectivity index (χ1) is 22.9. The van der Waals surface area contributed by atoms with Crippen molar-refractivity contribution in [3.05, 3.63) is 143 Å². The second kappa shape index (κ2) is 15.9. The largest absolute Gasteiger partial charge is 0.507 e. The van der Waals surface area contributed by atoms with Crippen molar-refractivity contribution in [1.82, 2.24) is 0 Å². The van der Waals surface area contributed by atoms with E-state index in [9.17, 15) is 9.90 Å². The van der Waals surface area contributed by atoms with Crippen LogP contribution in [0.25, 0.3) is 6.08 Å². The van der Waals surface area contributed by atoms with Crippen LogP contribution in [0.1, 0.15) is 32.6 Å². The Hall–Kier alpha value is -5.89. The van der Waals surface area contributed by atoms with E-state index in [2.05, 4.69) is 0 Å². The summed E-state index contributed by atoms with van der Waals surface area (Å²) in [5, 5.41) is 11.0. The van der Waals surface area contributed by atoms with Gasteiger partial charge in [-0.2, -0.15) is 0 Å². The maximum atomic E-state index is 13.4. The van der Waals surface area contributed by atoms with Crippen LogP contribution < -0.4 is 28.4 Å². The lowest BCUT2D eigenvalue weighted by molar-refractivity contribution is 0.104. The highest BCUT2D eigenvalue weighted by molar-refractivity contribution is 6.10. The lowest BCUT2D eigenvalue weighted by Crippen LogP contribution is -2.04. The third kappa shape index (κ3) is 9.08. The van der Waals surface area contributed by atoms with Crippen molar-refractivity contribution in [3.63, 3.8) is 0 Å². The first kappa shape index (κ1) is 32.5. The van der Waals surface area contributed by atoms with E-state index in [0.29, 0.717) is 18.1 Å². The summed E-state index contributed by atoms with van der Waals surface area (Å²) < 4.78 is 33.6. The van der Waals surface area contributed by atoms with Crippen molar-refractivity contribution in [2.45, 2.75) is 19.8 Å². The monoisotopic (exact) mass is 632 g/mol. The number of carbonyl (C=O) groups is 1. The van der Waals surface area contributed by atoms with E-state index in [1.807, 2.05) is 97.1 Å². The molecule has 0 saturated carbocycles. The van der Waals surface area contributed by atoms with Gasteiger partial charge in [-0.15, -0.1) is 0 Å². The number of ketones is 1. The highest BCUT2D eigenvalue weighted by Gasteiger charge is 2.19. The van der Waals surface area contributed by atoms with Crippen molar-refractivity contribution < 1.29 is 38.3 Å². The average Bonchev–Trinajstić information content (AvgIpc) is 3.12. The SMILES string of the molecule is COc1ccc(COc2ccc(/C=C/C(=O)c3c(O)cc(OCc4ccc(OC)cc4)cc3OCc3ccc(OC)cc3)cc2)cc1.